The molecule has 0 bridgehead atoms. The maximum absolute atomic E-state index is 12.5. The van der Waals surface area contributed by atoms with Crippen LogP contribution in [0, 0.1) is 5.92 Å². The molecule has 0 radical (unpaired) electrons. The molecule has 2 aromatic heterocycles. The predicted molar refractivity (Wildman–Crippen MR) is 125 cm³/mol. The van der Waals surface area contributed by atoms with Crippen molar-refractivity contribution in [1.82, 2.24) is 24.5 Å². The van der Waals surface area contributed by atoms with Crippen molar-refractivity contribution >= 4 is 51.6 Å². The van der Waals surface area contributed by atoms with Gasteiger partial charge in [-0.2, -0.15) is 0 Å². The molecule has 0 atom stereocenters. The predicted octanol–water partition coefficient (Wildman–Crippen LogP) is 4.31. The summed E-state index contributed by atoms with van der Waals surface area (Å²) in [7, 11) is 0. The fraction of sp³-hybridized carbons (Fsp3) is 0.304. The largest absolute Gasteiger partial charge is 0.339 e. The van der Waals surface area contributed by atoms with Crippen LogP contribution in [0.4, 0.5) is 5.95 Å². The monoisotopic (exact) mass is 466 g/mol. The molecular weight excluding hydrogens is 447 g/mol. The summed E-state index contributed by atoms with van der Waals surface area (Å²) in [6.45, 7) is 2.73. The first-order valence-electron chi connectivity index (χ1n) is 10.7. The lowest BCUT2D eigenvalue weighted by Gasteiger charge is -2.35. The first-order valence-corrected chi connectivity index (χ1v) is 11.5. The summed E-state index contributed by atoms with van der Waals surface area (Å²) in [6.07, 6.45) is 2.04. The van der Waals surface area contributed by atoms with Crippen LogP contribution in [0.5, 0.6) is 0 Å². The molecule has 1 amide bonds. The van der Waals surface area contributed by atoms with Crippen LogP contribution in [0.1, 0.15) is 12.8 Å². The van der Waals surface area contributed by atoms with Gasteiger partial charge in [0.15, 0.2) is 11.5 Å². The van der Waals surface area contributed by atoms with Crippen LogP contribution < -0.4 is 4.90 Å². The van der Waals surface area contributed by atoms with E-state index in [2.05, 4.69) is 15.1 Å². The van der Waals surface area contributed by atoms with Gasteiger partial charge in [-0.1, -0.05) is 35.3 Å². The summed E-state index contributed by atoms with van der Waals surface area (Å²) in [5.74, 6) is 1.89. The Bertz CT molecular complexity index is 1360. The van der Waals surface area contributed by atoms with Gasteiger partial charge in [-0.15, -0.1) is 10.2 Å². The van der Waals surface area contributed by atoms with Gasteiger partial charge in [0.05, 0.1) is 10.5 Å². The summed E-state index contributed by atoms with van der Waals surface area (Å²) >= 11 is 12.8. The van der Waals surface area contributed by atoms with Crippen LogP contribution >= 0.6 is 23.2 Å². The Balaban J connectivity index is 1.48. The van der Waals surface area contributed by atoms with E-state index in [1.807, 2.05) is 51.8 Å². The highest BCUT2D eigenvalue weighted by atomic mass is 35.5. The molecule has 9 heteroatoms. The van der Waals surface area contributed by atoms with E-state index in [1.54, 1.807) is 0 Å². The lowest BCUT2D eigenvalue weighted by Crippen LogP contribution is -2.50. The normalized spacial score (nSPS) is 16.8. The Hall–Kier alpha value is -2.90. The Morgan fingerprint density at radius 1 is 0.969 bits per heavy atom. The number of nitrogens with zero attached hydrogens (tertiary/aromatic N) is 6. The number of amides is 1. The number of carbonyl (C=O) groups excluding carboxylic acids is 1. The Morgan fingerprint density at radius 2 is 1.75 bits per heavy atom. The molecule has 0 spiro atoms. The topological polar surface area (TPSA) is 66.6 Å². The lowest BCUT2D eigenvalue weighted by molar-refractivity contribution is -0.132. The molecule has 0 N–H and O–H groups in total. The molecule has 1 saturated heterocycles. The van der Waals surface area contributed by atoms with Crippen molar-refractivity contribution in [1.29, 1.82) is 0 Å². The quantitative estimate of drug-likeness (QED) is 0.449. The number of halogens is 2. The van der Waals surface area contributed by atoms with Gasteiger partial charge in [-0.25, -0.2) is 9.38 Å². The van der Waals surface area contributed by atoms with E-state index in [-0.39, 0.29) is 11.8 Å². The van der Waals surface area contributed by atoms with Crippen molar-refractivity contribution in [2.75, 3.05) is 31.1 Å². The van der Waals surface area contributed by atoms with Crippen LogP contribution in [0.25, 0.3) is 27.9 Å². The second-order valence-corrected chi connectivity index (χ2v) is 9.17. The molecule has 6 rings (SSSR count). The summed E-state index contributed by atoms with van der Waals surface area (Å²) in [4.78, 5) is 21.6. The van der Waals surface area contributed by atoms with Crippen LogP contribution in [-0.4, -0.2) is 56.6 Å². The van der Waals surface area contributed by atoms with Crippen molar-refractivity contribution in [3.63, 3.8) is 0 Å². The van der Waals surface area contributed by atoms with Crippen LogP contribution in [0.15, 0.2) is 42.5 Å². The molecule has 162 valence electrons. The summed E-state index contributed by atoms with van der Waals surface area (Å²) in [6, 6.07) is 13.2. The van der Waals surface area contributed by atoms with E-state index < -0.39 is 0 Å². The van der Waals surface area contributed by atoms with E-state index in [4.69, 9.17) is 28.2 Å². The van der Waals surface area contributed by atoms with E-state index in [1.165, 1.54) is 0 Å². The highest BCUT2D eigenvalue weighted by Gasteiger charge is 2.35. The maximum Gasteiger partial charge on any atom is 0.225 e. The third-order valence-electron chi connectivity index (χ3n) is 6.20. The molecule has 1 aliphatic carbocycles. The highest BCUT2D eigenvalue weighted by molar-refractivity contribution is 6.33. The van der Waals surface area contributed by atoms with Crippen molar-refractivity contribution in [2.24, 2.45) is 5.92 Å². The van der Waals surface area contributed by atoms with E-state index in [0.29, 0.717) is 47.7 Å². The van der Waals surface area contributed by atoms with Gasteiger partial charge >= 0.3 is 0 Å². The average Bonchev–Trinajstić information content (AvgIpc) is 3.57. The van der Waals surface area contributed by atoms with Crippen LogP contribution in [-0.2, 0) is 4.79 Å². The van der Waals surface area contributed by atoms with E-state index >= 15 is 0 Å². The number of anilines is 1. The fourth-order valence-electron chi connectivity index (χ4n) is 4.34. The molecule has 32 heavy (non-hydrogen) atoms. The average molecular weight is 467 g/mol. The number of benzene rings is 2. The van der Waals surface area contributed by atoms with Gasteiger partial charge in [-0.3, -0.25) is 4.79 Å². The zero-order valence-electron chi connectivity index (χ0n) is 17.2. The lowest BCUT2D eigenvalue weighted by atomic mass is 10.2. The SMILES string of the molecule is O=C(C1CC1)N1CCN(c2nc3cc(Cl)ccc3c3nnc(-c4ccccc4Cl)n23)CC1. The second-order valence-electron chi connectivity index (χ2n) is 8.32. The Kier molecular flexibility index (Phi) is 4.69. The van der Waals surface area contributed by atoms with Crippen molar-refractivity contribution < 1.29 is 4.79 Å². The van der Waals surface area contributed by atoms with Gasteiger partial charge in [0.25, 0.3) is 0 Å². The van der Waals surface area contributed by atoms with Gasteiger partial charge in [0.1, 0.15) is 0 Å². The fourth-order valence-corrected chi connectivity index (χ4v) is 4.72. The maximum atomic E-state index is 12.5. The Morgan fingerprint density at radius 3 is 2.50 bits per heavy atom. The molecule has 2 aliphatic rings. The molecule has 2 fully saturated rings. The molecule has 3 heterocycles. The third kappa shape index (κ3) is 3.27. The molecule has 4 aromatic rings. The zero-order chi connectivity index (χ0) is 21.8. The van der Waals surface area contributed by atoms with Crippen LogP contribution in [0.3, 0.4) is 0 Å². The minimum Gasteiger partial charge on any atom is -0.339 e. The number of rotatable bonds is 3. The number of fused-ring (bicyclic) bond motifs is 3. The molecule has 1 saturated carbocycles. The van der Waals surface area contributed by atoms with Gasteiger partial charge in [0, 0.05) is 48.1 Å². The summed E-state index contributed by atoms with van der Waals surface area (Å²) < 4.78 is 1.97. The minimum atomic E-state index is 0.235. The van der Waals surface area contributed by atoms with Crippen molar-refractivity contribution in [3.8, 4) is 11.4 Å². The second kappa shape index (κ2) is 7.60. The van der Waals surface area contributed by atoms with E-state index in [0.717, 1.165) is 35.3 Å². The van der Waals surface area contributed by atoms with E-state index in [9.17, 15) is 4.79 Å². The smallest absolute Gasteiger partial charge is 0.225 e. The molecule has 2 aromatic carbocycles. The van der Waals surface area contributed by atoms with Crippen LogP contribution in [0.2, 0.25) is 10.0 Å². The first kappa shape index (κ1) is 19.8. The number of hydrogen-bond donors (Lipinski definition) is 0. The van der Waals surface area contributed by atoms with Gasteiger partial charge in [-0.05, 0) is 43.2 Å². The number of piperazine rings is 1. The standard InChI is InChI=1S/C23H20Cl2N6O/c24-15-7-8-17-19(13-15)26-23(30-11-9-29(10-12-30)22(32)14-5-6-14)31-20(27-28-21(17)31)16-3-1-2-4-18(16)25/h1-4,7-8,13-14H,5-6,9-12H2. The third-order valence-corrected chi connectivity index (χ3v) is 6.76. The Labute approximate surface area is 194 Å². The molecule has 0 unspecified atom stereocenters. The number of carbonyl (C=O) groups is 1. The zero-order valence-corrected chi connectivity index (χ0v) is 18.7. The van der Waals surface area contributed by atoms with Crippen molar-refractivity contribution in [2.45, 2.75) is 12.8 Å². The summed E-state index contributed by atoms with van der Waals surface area (Å²) in [5.41, 5.74) is 2.25. The van der Waals surface area contributed by atoms with Gasteiger partial charge in [0.2, 0.25) is 11.9 Å². The van der Waals surface area contributed by atoms with Gasteiger partial charge < -0.3 is 9.80 Å². The summed E-state index contributed by atoms with van der Waals surface area (Å²) in [5, 5.41) is 11.1. The number of hydrogen-bond acceptors (Lipinski definition) is 5. The number of aromatic nitrogens is 4. The highest BCUT2D eigenvalue weighted by Crippen LogP contribution is 2.34. The molecule has 1 aliphatic heterocycles. The van der Waals surface area contributed by atoms with Crippen molar-refractivity contribution in [3.05, 3.63) is 52.5 Å². The molecular formula is C23H20Cl2N6O. The minimum absolute atomic E-state index is 0.235. The first-order chi connectivity index (χ1) is 15.6. The molecule has 7 nitrogen and oxygen atoms in total.